The van der Waals surface area contributed by atoms with Crippen LogP contribution in [-0.4, -0.2) is 31.4 Å². The molecule has 2 amide bonds. The van der Waals surface area contributed by atoms with Gasteiger partial charge in [-0.15, -0.1) is 0 Å². The summed E-state index contributed by atoms with van der Waals surface area (Å²) >= 11 is 5.95. The molecule has 9 heteroatoms. The van der Waals surface area contributed by atoms with Crippen molar-refractivity contribution in [2.45, 2.75) is 20.3 Å². The van der Waals surface area contributed by atoms with Crippen LogP contribution in [0.1, 0.15) is 27.3 Å². The van der Waals surface area contributed by atoms with Crippen LogP contribution in [0, 0.1) is 13.8 Å². The summed E-state index contributed by atoms with van der Waals surface area (Å²) in [6, 6.07) is 6.58. The fourth-order valence-electron chi connectivity index (χ4n) is 2.46. The number of nitrogens with zero attached hydrogens (tertiary/aromatic N) is 4. The normalized spacial score (nSPS) is 10.7. The van der Waals surface area contributed by atoms with Gasteiger partial charge in [0.05, 0.1) is 17.0 Å². The van der Waals surface area contributed by atoms with Crippen LogP contribution in [0.5, 0.6) is 0 Å². The van der Waals surface area contributed by atoms with E-state index in [1.165, 1.54) is 6.33 Å². The number of carbonyl (C=O) groups excluding carboxylic acids is 2. The van der Waals surface area contributed by atoms with Crippen molar-refractivity contribution in [1.29, 1.82) is 0 Å². The molecule has 0 aliphatic carbocycles. The predicted molar refractivity (Wildman–Crippen MR) is 91.0 cm³/mol. The summed E-state index contributed by atoms with van der Waals surface area (Å²) in [4.78, 5) is 32.6. The minimum absolute atomic E-state index is 0.0449. The van der Waals surface area contributed by atoms with Gasteiger partial charge in [0.25, 0.3) is 11.7 Å². The van der Waals surface area contributed by atoms with Crippen molar-refractivity contribution in [3.05, 3.63) is 58.1 Å². The van der Waals surface area contributed by atoms with E-state index in [4.69, 9.17) is 11.6 Å². The zero-order valence-corrected chi connectivity index (χ0v) is 14.3. The Morgan fingerprint density at radius 3 is 2.72 bits per heavy atom. The van der Waals surface area contributed by atoms with Crippen LogP contribution in [0.2, 0.25) is 5.02 Å². The second kappa shape index (κ2) is 6.86. The highest BCUT2D eigenvalue weighted by Crippen LogP contribution is 2.15. The van der Waals surface area contributed by atoms with Gasteiger partial charge in [-0.2, -0.15) is 10.1 Å². The molecule has 0 bridgehead atoms. The monoisotopic (exact) mass is 358 g/mol. The number of aromatic nitrogens is 4. The Hall–Kier alpha value is -3.00. The van der Waals surface area contributed by atoms with Crippen molar-refractivity contribution in [2.75, 3.05) is 0 Å². The lowest BCUT2D eigenvalue weighted by Crippen LogP contribution is -2.42. The number of amides is 2. The third-order valence-electron chi connectivity index (χ3n) is 3.76. The average molecular weight is 359 g/mol. The van der Waals surface area contributed by atoms with Crippen molar-refractivity contribution in [3.8, 4) is 0 Å². The van der Waals surface area contributed by atoms with Crippen LogP contribution in [0.4, 0.5) is 0 Å². The Labute approximate surface area is 148 Å². The first kappa shape index (κ1) is 16.8. The molecule has 0 spiro atoms. The minimum Gasteiger partial charge on any atom is -0.273 e. The smallest absolute Gasteiger partial charge is 0.271 e. The molecule has 2 aromatic heterocycles. The molecule has 0 saturated carbocycles. The van der Waals surface area contributed by atoms with Crippen LogP contribution >= 0.6 is 11.6 Å². The molecule has 0 aliphatic heterocycles. The van der Waals surface area contributed by atoms with E-state index in [-0.39, 0.29) is 17.9 Å². The van der Waals surface area contributed by atoms with Crippen molar-refractivity contribution in [1.82, 2.24) is 30.4 Å². The van der Waals surface area contributed by atoms with E-state index >= 15 is 0 Å². The molecule has 0 saturated heterocycles. The molecule has 3 rings (SSSR count). The highest BCUT2D eigenvalue weighted by atomic mass is 35.5. The lowest BCUT2D eigenvalue weighted by atomic mass is 10.1. The SMILES string of the molecule is Cc1nc2ncnn2c(C)c1CC(=O)NNC(=O)c1ccccc1Cl. The van der Waals surface area contributed by atoms with Gasteiger partial charge in [0.15, 0.2) is 0 Å². The van der Waals surface area contributed by atoms with Gasteiger partial charge in [-0.25, -0.2) is 9.50 Å². The molecule has 1 aromatic carbocycles. The molecule has 128 valence electrons. The molecule has 3 aromatic rings. The summed E-state index contributed by atoms with van der Waals surface area (Å²) in [5.74, 6) is -0.392. The van der Waals surface area contributed by atoms with E-state index in [2.05, 4.69) is 25.9 Å². The number of hydrogen-bond acceptors (Lipinski definition) is 5. The molecule has 25 heavy (non-hydrogen) atoms. The Balaban J connectivity index is 1.69. The van der Waals surface area contributed by atoms with Crippen molar-refractivity contribution < 1.29 is 9.59 Å². The Bertz CT molecular complexity index is 968. The first-order chi connectivity index (χ1) is 12.0. The number of aryl methyl sites for hydroxylation is 2. The summed E-state index contributed by atoms with van der Waals surface area (Å²) < 4.78 is 1.57. The summed E-state index contributed by atoms with van der Waals surface area (Å²) in [6.45, 7) is 3.63. The lowest BCUT2D eigenvalue weighted by molar-refractivity contribution is -0.121. The number of fused-ring (bicyclic) bond motifs is 1. The number of hydrogen-bond donors (Lipinski definition) is 2. The Morgan fingerprint density at radius 1 is 1.20 bits per heavy atom. The second-order valence-electron chi connectivity index (χ2n) is 5.39. The van der Waals surface area contributed by atoms with Gasteiger partial charge >= 0.3 is 0 Å². The maximum Gasteiger partial charge on any atom is 0.271 e. The van der Waals surface area contributed by atoms with E-state index in [1.54, 1.807) is 35.7 Å². The van der Waals surface area contributed by atoms with Crippen LogP contribution in [-0.2, 0) is 11.2 Å². The molecular weight excluding hydrogens is 344 g/mol. The number of benzene rings is 1. The van der Waals surface area contributed by atoms with Crippen LogP contribution in [0.25, 0.3) is 5.78 Å². The van der Waals surface area contributed by atoms with Crippen molar-refractivity contribution >= 4 is 29.2 Å². The van der Waals surface area contributed by atoms with Gasteiger partial charge in [-0.05, 0) is 26.0 Å². The summed E-state index contributed by atoms with van der Waals surface area (Å²) in [5.41, 5.74) is 7.20. The molecule has 2 heterocycles. The van der Waals surface area contributed by atoms with Crippen LogP contribution in [0.15, 0.2) is 30.6 Å². The third-order valence-corrected chi connectivity index (χ3v) is 4.09. The van der Waals surface area contributed by atoms with E-state index in [0.717, 1.165) is 11.3 Å². The highest BCUT2D eigenvalue weighted by molar-refractivity contribution is 6.33. The van der Waals surface area contributed by atoms with E-state index in [1.807, 2.05) is 6.92 Å². The van der Waals surface area contributed by atoms with Gasteiger partial charge < -0.3 is 0 Å². The van der Waals surface area contributed by atoms with Crippen molar-refractivity contribution in [3.63, 3.8) is 0 Å². The van der Waals surface area contributed by atoms with Crippen LogP contribution in [0.3, 0.4) is 0 Å². The molecular formula is C16H15ClN6O2. The number of halogens is 1. The Morgan fingerprint density at radius 2 is 1.96 bits per heavy atom. The van der Waals surface area contributed by atoms with Gasteiger partial charge in [-0.1, -0.05) is 23.7 Å². The number of nitrogens with one attached hydrogen (secondary N) is 2. The average Bonchev–Trinajstić information content (AvgIpc) is 3.05. The molecule has 0 fully saturated rings. The maximum absolute atomic E-state index is 12.2. The molecule has 8 nitrogen and oxygen atoms in total. The van der Waals surface area contributed by atoms with Gasteiger partial charge in [0.1, 0.15) is 6.33 Å². The topological polar surface area (TPSA) is 101 Å². The summed E-state index contributed by atoms with van der Waals surface area (Å²) in [7, 11) is 0. The zero-order valence-electron chi connectivity index (χ0n) is 13.6. The quantitative estimate of drug-likeness (QED) is 0.689. The fraction of sp³-hybridized carbons (Fsp3) is 0.188. The molecule has 0 unspecified atom stereocenters. The molecule has 2 N–H and O–H groups in total. The highest BCUT2D eigenvalue weighted by Gasteiger charge is 2.15. The minimum atomic E-state index is -0.489. The second-order valence-corrected chi connectivity index (χ2v) is 5.80. The summed E-state index contributed by atoms with van der Waals surface area (Å²) in [5, 5.41) is 4.39. The molecule has 0 radical (unpaired) electrons. The van der Waals surface area contributed by atoms with Gasteiger partial charge in [0, 0.05) is 17.0 Å². The van der Waals surface area contributed by atoms with Crippen molar-refractivity contribution in [2.24, 2.45) is 0 Å². The van der Waals surface area contributed by atoms with Gasteiger partial charge in [-0.3, -0.25) is 20.4 Å². The maximum atomic E-state index is 12.2. The predicted octanol–water partition coefficient (Wildman–Crippen LogP) is 1.40. The van der Waals surface area contributed by atoms with Gasteiger partial charge in [0.2, 0.25) is 5.91 Å². The third kappa shape index (κ3) is 3.43. The molecule has 0 aliphatic rings. The Kier molecular flexibility index (Phi) is 4.62. The zero-order chi connectivity index (χ0) is 18.0. The van der Waals surface area contributed by atoms with Crippen LogP contribution < -0.4 is 10.9 Å². The first-order valence-corrected chi connectivity index (χ1v) is 7.84. The standard InChI is InChI=1S/C16H15ClN6O2/c1-9-12(10(2)23-16(20-9)18-8-19-23)7-14(24)21-22-15(25)11-5-3-4-6-13(11)17/h3-6,8H,7H2,1-2H3,(H,21,24)(H,22,25). The number of carbonyl (C=O) groups is 2. The molecule has 0 atom stereocenters. The summed E-state index contributed by atoms with van der Waals surface area (Å²) in [6.07, 6.45) is 1.45. The first-order valence-electron chi connectivity index (χ1n) is 7.47. The lowest BCUT2D eigenvalue weighted by Gasteiger charge is -2.11. The largest absolute Gasteiger partial charge is 0.273 e. The number of rotatable bonds is 3. The van der Waals surface area contributed by atoms with E-state index in [9.17, 15) is 9.59 Å². The van der Waals surface area contributed by atoms with E-state index < -0.39 is 5.91 Å². The van der Waals surface area contributed by atoms with E-state index in [0.29, 0.717) is 16.5 Å². The number of hydrazine groups is 1. The fourth-order valence-corrected chi connectivity index (χ4v) is 2.68.